The fraction of sp³-hybridized carbons (Fsp3) is 0.333. The van der Waals surface area contributed by atoms with E-state index >= 15 is 0 Å². The molecule has 1 aliphatic carbocycles. The van der Waals surface area contributed by atoms with Crippen molar-refractivity contribution in [1.82, 2.24) is 9.55 Å². The minimum absolute atomic E-state index is 0.0163. The van der Waals surface area contributed by atoms with Gasteiger partial charge in [-0.25, -0.2) is 4.98 Å². The molecule has 0 bridgehead atoms. The zero-order valence-corrected chi connectivity index (χ0v) is 10.9. The molecule has 6 nitrogen and oxygen atoms in total. The number of hydrogen-bond acceptors (Lipinski definition) is 5. The zero-order chi connectivity index (χ0) is 19.4. The number of nitrogens with two attached hydrogens (primary N) is 1. The molecule has 6 heteroatoms. The van der Waals surface area contributed by atoms with Crippen molar-refractivity contribution in [2.24, 2.45) is 0 Å². The van der Waals surface area contributed by atoms with Crippen LogP contribution in [0.3, 0.4) is 0 Å². The van der Waals surface area contributed by atoms with Gasteiger partial charge >= 0.3 is 0 Å². The fourth-order valence-corrected chi connectivity index (χ4v) is 2.41. The fourth-order valence-electron chi connectivity index (χ4n) is 2.41. The normalized spacial score (nSPS) is 25.2. The summed E-state index contributed by atoms with van der Waals surface area (Å²) in [6.07, 6.45) is -3.58. The molecule has 2 N–H and O–H groups in total. The van der Waals surface area contributed by atoms with Gasteiger partial charge in [-0.1, -0.05) is 6.07 Å². The molecule has 3 rings (SSSR count). The molecule has 108 valence electrons. The number of ketones is 2. The Balaban J connectivity index is 2.35. The molecule has 1 fully saturated rings. The van der Waals surface area contributed by atoms with Gasteiger partial charge in [-0.2, -0.15) is 0 Å². The average molecular weight is 290 g/mol. The summed E-state index contributed by atoms with van der Waals surface area (Å²) < 4.78 is 39.5. The molecule has 1 unspecified atom stereocenters. The highest BCUT2D eigenvalue weighted by Crippen LogP contribution is 2.24. The van der Waals surface area contributed by atoms with Gasteiger partial charge in [0.25, 0.3) is 5.56 Å². The van der Waals surface area contributed by atoms with Crippen LogP contribution >= 0.6 is 0 Å². The number of nitrogens with zero attached hydrogens (tertiary/aromatic N) is 2. The van der Waals surface area contributed by atoms with Crippen molar-refractivity contribution in [2.75, 3.05) is 5.73 Å². The van der Waals surface area contributed by atoms with E-state index in [4.69, 9.17) is 12.6 Å². The first-order chi connectivity index (χ1) is 12.0. The van der Waals surface area contributed by atoms with E-state index in [0.29, 0.717) is 0 Å². The molecule has 21 heavy (non-hydrogen) atoms. The van der Waals surface area contributed by atoms with E-state index in [1.807, 2.05) is 0 Å². The molecular formula is C15H15N3O3. The Morgan fingerprint density at radius 1 is 1.52 bits per heavy atom. The number of aromatic nitrogens is 2. The first-order valence-corrected chi connectivity index (χ1v) is 6.26. The molecule has 1 aliphatic rings. The lowest BCUT2D eigenvalue weighted by Crippen LogP contribution is -2.36. The van der Waals surface area contributed by atoms with Crippen LogP contribution in [-0.2, 0) is 9.59 Å². The summed E-state index contributed by atoms with van der Waals surface area (Å²) in [5.74, 6) is -1.95. The molecule has 1 saturated carbocycles. The minimum atomic E-state index is -2.31. The topological polar surface area (TPSA) is 95.0 Å². The summed E-state index contributed by atoms with van der Waals surface area (Å²) >= 11 is 0. The monoisotopic (exact) mass is 290 g/mol. The largest absolute Gasteiger partial charge is 0.398 e. The van der Waals surface area contributed by atoms with Gasteiger partial charge in [0.05, 0.1) is 24.7 Å². The third kappa shape index (κ3) is 2.12. The number of rotatable bonds is 1. The Hall–Kier alpha value is -2.50. The third-order valence-corrected chi connectivity index (χ3v) is 3.42. The first kappa shape index (κ1) is 8.71. The van der Waals surface area contributed by atoms with Crippen LogP contribution in [0.2, 0.25) is 0 Å². The molecule has 1 heterocycles. The summed E-state index contributed by atoms with van der Waals surface area (Å²) in [6, 6.07) is 1.17. The van der Waals surface area contributed by atoms with Crippen LogP contribution in [0.25, 0.3) is 10.9 Å². The van der Waals surface area contributed by atoms with Crippen molar-refractivity contribution in [3.05, 3.63) is 34.4 Å². The van der Waals surface area contributed by atoms with Gasteiger partial charge in [-0.05, 0) is 25.4 Å². The molecule has 0 radical (unpaired) electrons. The van der Waals surface area contributed by atoms with E-state index in [0.717, 1.165) is 4.57 Å². The number of anilines is 1. The number of nitrogen functional groups attached to an aromatic ring is 1. The average Bonchev–Trinajstić information content (AvgIpc) is 2.54. The second-order valence-corrected chi connectivity index (χ2v) is 4.76. The van der Waals surface area contributed by atoms with Crippen LogP contribution < -0.4 is 11.3 Å². The summed E-state index contributed by atoms with van der Waals surface area (Å²) in [5, 5.41) is -0.132. The number of hydrogen-bond donors (Lipinski definition) is 1. The Bertz CT molecular complexity index is 1000. The molecule has 1 atom stereocenters. The van der Waals surface area contributed by atoms with Crippen molar-refractivity contribution < 1.29 is 16.4 Å². The van der Waals surface area contributed by atoms with Crippen molar-refractivity contribution >= 4 is 28.2 Å². The third-order valence-electron chi connectivity index (χ3n) is 3.42. The second kappa shape index (κ2) is 4.80. The maximum Gasteiger partial charge on any atom is 0.264 e. The van der Waals surface area contributed by atoms with E-state index < -0.39 is 55.1 Å². The van der Waals surface area contributed by atoms with Crippen molar-refractivity contribution in [2.45, 2.75) is 32.1 Å². The predicted molar refractivity (Wildman–Crippen MR) is 78.1 cm³/mol. The lowest BCUT2D eigenvalue weighted by molar-refractivity contribution is -0.132. The number of carbonyl (C=O) groups is 2. The van der Waals surface area contributed by atoms with Crippen LogP contribution in [0.1, 0.15) is 37.9 Å². The molecule has 0 amide bonds. The Morgan fingerprint density at radius 2 is 2.33 bits per heavy atom. The summed E-state index contributed by atoms with van der Waals surface area (Å²) in [6.45, 7) is -1.76. The molecule has 1 aromatic heterocycles. The van der Waals surface area contributed by atoms with Crippen molar-refractivity contribution in [3.63, 3.8) is 0 Å². The number of benzene rings is 1. The SMILES string of the molecule is [2H]c1ccc(N)c2c(=O)n(C3CC([2H])([2H])C(=O)CC3=O)c(C([2H])[2H])nc12. The van der Waals surface area contributed by atoms with E-state index in [1.165, 1.54) is 12.1 Å². The molecule has 2 aromatic rings. The van der Waals surface area contributed by atoms with Gasteiger partial charge in [0.1, 0.15) is 11.6 Å². The van der Waals surface area contributed by atoms with Crippen LogP contribution in [0, 0.1) is 6.88 Å². The quantitative estimate of drug-likeness (QED) is 0.628. The van der Waals surface area contributed by atoms with Gasteiger partial charge in [0.2, 0.25) is 0 Å². The summed E-state index contributed by atoms with van der Waals surface area (Å²) in [7, 11) is 0. The highest BCUT2D eigenvalue weighted by molar-refractivity contribution is 6.03. The standard InChI is InChI=1S/C15H15N3O3/c1-8-17-11-4-2-3-10(16)14(11)15(21)18(8)12-6-5-9(19)7-13(12)20/h2-4,12H,5-7,16H2,1H3/i1D2,4D,5D2. The first-order valence-electron chi connectivity index (χ1n) is 8.92. The van der Waals surface area contributed by atoms with Crippen molar-refractivity contribution in [3.8, 4) is 0 Å². The van der Waals surface area contributed by atoms with Gasteiger partial charge in [0.15, 0.2) is 5.78 Å². The Kier molecular flexibility index (Phi) is 1.99. The van der Waals surface area contributed by atoms with Gasteiger partial charge < -0.3 is 5.73 Å². The van der Waals surface area contributed by atoms with Gasteiger partial charge in [0, 0.05) is 17.5 Å². The number of fused-ring (bicyclic) bond motifs is 1. The number of aryl methyl sites for hydroxylation is 1. The zero-order valence-electron chi connectivity index (χ0n) is 15.9. The second-order valence-electron chi connectivity index (χ2n) is 4.76. The number of Topliss-reactive ketones (excluding diaryl/α,β-unsaturated/α-hetero) is 2. The van der Waals surface area contributed by atoms with Gasteiger partial charge in [-0.15, -0.1) is 0 Å². The van der Waals surface area contributed by atoms with E-state index in [1.54, 1.807) is 0 Å². The highest BCUT2D eigenvalue weighted by atomic mass is 16.2. The summed E-state index contributed by atoms with van der Waals surface area (Å²) in [5.41, 5.74) is 4.91. The van der Waals surface area contributed by atoms with E-state index in [2.05, 4.69) is 4.98 Å². The number of carbonyl (C=O) groups excluding carboxylic acids is 2. The van der Waals surface area contributed by atoms with Crippen LogP contribution in [-0.4, -0.2) is 21.1 Å². The van der Waals surface area contributed by atoms with Crippen molar-refractivity contribution in [1.29, 1.82) is 0 Å². The molecule has 0 aliphatic heterocycles. The maximum absolute atomic E-state index is 13.0. The lowest BCUT2D eigenvalue weighted by atomic mass is 9.92. The van der Waals surface area contributed by atoms with E-state index in [-0.39, 0.29) is 22.6 Å². The van der Waals surface area contributed by atoms with Crippen LogP contribution in [0.15, 0.2) is 23.0 Å². The van der Waals surface area contributed by atoms with E-state index in [9.17, 15) is 14.4 Å². The highest BCUT2D eigenvalue weighted by Gasteiger charge is 2.30. The van der Waals surface area contributed by atoms with Crippen LogP contribution in [0.5, 0.6) is 0 Å². The Morgan fingerprint density at radius 3 is 3.10 bits per heavy atom. The van der Waals surface area contributed by atoms with Gasteiger partial charge in [-0.3, -0.25) is 19.0 Å². The molecule has 0 spiro atoms. The smallest absolute Gasteiger partial charge is 0.264 e. The summed E-state index contributed by atoms with van der Waals surface area (Å²) in [4.78, 5) is 41.1. The molecule has 0 saturated heterocycles. The lowest BCUT2D eigenvalue weighted by Gasteiger charge is -2.24. The molecular weight excluding hydrogens is 270 g/mol. The Labute approximate surface area is 127 Å². The maximum atomic E-state index is 13.0. The molecule has 1 aromatic carbocycles. The minimum Gasteiger partial charge on any atom is -0.398 e. The predicted octanol–water partition coefficient (Wildman–Crippen LogP) is 1.15. The van der Waals surface area contributed by atoms with Crippen LogP contribution in [0.4, 0.5) is 5.69 Å².